The molecule has 0 amide bonds. The first kappa shape index (κ1) is 15.2. The Morgan fingerprint density at radius 3 is 2.33 bits per heavy atom. The van der Waals surface area contributed by atoms with Crippen molar-refractivity contribution in [3.63, 3.8) is 0 Å². The van der Waals surface area contributed by atoms with Gasteiger partial charge < -0.3 is 15.3 Å². The third kappa shape index (κ3) is 10.7. The summed E-state index contributed by atoms with van der Waals surface area (Å²) < 4.78 is 22.9. The van der Waals surface area contributed by atoms with Gasteiger partial charge in [0.2, 0.25) is 0 Å². The smallest absolute Gasteiger partial charge is 1.00 e. The predicted octanol–water partition coefficient (Wildman–Crippen LogP) is -3.69. The Bertz CT molecular complexity index is 197. The Balaban J connectivity index is -0.000000500. The number of carboxylic acid groups (broad SMARTS) is 1. The molecule has 0 saturated heterocycles. The van der Waals surface area contributed by atoms with E-state index in [1.807, 2.05) is 0 Å². The zero-order valence-electron chi connectivity index (χ0n) is 7.31. The Morgan fingerprint density at radius 1 is 1.50 bits per heavy atom. The van der Waals surface area contributed by atoms with E-state index in [-0.39, 0.29) is 52.8 Å². The van der Waals surface area contributed by atoms with Gasteiger partial charge >= 0.3 is 63.3 Å². The topological polar surface area (TPSA) is 104 Å². The normalized spacial score (nSPS) is 11.1. The summed E-state index contributed by atoms with van der Waals surface area (Å²) in [6.45, 7) is 0. The molecule has 66 valence electrons. The summed E-state index contributed by atoms with van der Waals surface area (Å²) in [6, 6.07) is 0. The molecule has 0 radical (unpaired) electrons. The molecule has 0 aromatic rings. The fourth-order valence-electron chi connectivity index (χ4n) is 0.327. The van der Waals surface area contributed by atoms with Gasteiger partial charge in [0.25, 0.3) is 0 Å². The van der Waals surface area contributed by atoms with E-state index in [0.717, 1.165) is 0 Å². The molecule has 0 aromatic carbocycles. The van der Waals surface area contributed by atoms with E-state index in [1.54, 1.807) is 0 Å². The van der Waals surface area contributed by atoms with Gasteiger partial charge in [-0.15, -0.1) is 0 Å². The molecule has 1 atom stereocenters. The summed E-state index contributed by atoms with van der Waals surface area (Å²) in [5.41, 5.74) is 0. The average molecular weight is 221 g/mol. The summed E-state index contributed by atoms with van der Waals surface area (Å²) in [7, 11) is 0. The first-order chi connectivity index (χ1) is 5.02. The van der Waals surface area contributed by atoms with Crippen LogP contribution in [0.2, 0.25) is 0 Å². The van der Waals surface area contributed by atoms with E-state index in [4.69, 9.17) is 5.11 Å². The summed E-state index contributed by atoms with van der Waals surface area (Å²) >= 11 is -2.90. The van der Waals surface area contributed by atoms with Crippen molar-refractivity contribution in [1.29, 1.82) is 0 Å². The minimum absolute atomic E-state index is 0. The van der Waals surface area contributed by atoms with Crippen molar-refractivity contribution in [2.24, 2.45) is 0 Å². The van der Waals surface area contributed by atoms with Crippen molar-refractivity contribution in [1.82, 2.24) is 0 Å². The first-order valence-corrected chi connectivity index (χ1v) is 3.54. The predicted molar refractivity (Wildman–Crippen MR) is 33.0 cm³/mol. The third-order valence-electron chi connectivity index (χ3n) is 0.704. The molecule has 0 aliphatic heterocycles. The van der Waals surface area contributed by atoms with Crippen molar-refractivity contribution in [3.05, 3.63) is 0 Å². The molecule has 6 nitrogen and oxygen atoms in total. The minimum atomic E-state index is -2.90. The number of carboxylic acids is 1. The van der Waals surface area contributed by atoms with Gasteiger partial charge in [0.15, 0.2) is 0 Å². The summed E-state index contributed by atoms with van der Waals surface area (Å²) in [6.07, 6.45) is -0.876. The molecule has 0 aliphatic carbocycles. The molecule has 8 heteroatoms. The molecule has 0 bridgehead atoms. The van der Waals surface area contributed by atoms with Crippen LogP contribution in [0.5, 0.6) is 0 Å². The van der Waals surface area contributed by atoms with Crippen molar-refractivity contribution >= 4 is 23.3 Å². The molecule has 0 rings (SSSR count). The van der Waals surface area contributed by atoms with Crippen LogP contribution in [0.1, 0.15) is 14.3 Å². The van der Waals surface area contributed by atoms with Crippen molar-refractivity contribution in [3.8, 4) is 0 Å². The van der Waals surface area contributed by atoms with Gasteiger partial charge in [-0.05, 0) is 0 Å². The Kier molecular flexibility index (Phi) is 10.5. The van der Waals surface area contributed by atoms with Crippen LogP contribution < -0.4 is 51.4 Å². The quantitative estimate of drug-likeness (QED) is 0.387. The van der Waals surface area contributed by atoms with E-state index in [2.05, 4.69) is 4.18 Å². The van der Waals surface area contributed by atoms with E-state index in [9.17, 15) is 18.4 Å². The zero-order chi connectivity index (χ0) is 8.85. The molecule has 0 saturated carbocycles. The molecule has 0 aliphatic rings. The van der Waals surface area contributed by atoms with Gasteiger partial charge in [-0.1, -0.05) is 0 Å². The fraction of sp³-hybridized carbons (Fsp3) is 0.500. The minimum Gasteiger partial charge on any atom is -1.00 e. The first-order valence-electron chi connectivity index (χ1n) is 2.54. The van der Waals surface area contributed by atoms with Gasteiger partial charge in [0.05, 0.1) is 12.8 Å². The van der Waals surface area contributed by atoms with Crippen LogP contribution in [-0.4, -0.2) is 25.8 Å². The molecule has 1 unspecified atom stereocenters. The Hall–Kier alpha value is 0.686. The van der Waals surface area contributed by atoms with Crippen LogP contribution in [0.3, 0.4) is 0 Å². The molecular formula is C4H6KO6S-. The third-order valence-corrected chi connectivity index (χ3v) is 1.03. The zero-order valence-corrected chi connectivity index (χ0v) is 10.3. The summed E-state index contributed by atoms with van der Waals surface area (Å²) in [4.78, 5) is 20.1. The summed E-state index contributed by atoms with van der Waals surface area (Å²) in [5, 5.41) is 8.03. The fourth-order valence-corrected chi connectivity index (χ4v) is 0.562. The van der Waals surface area contributed by atoms with Gasteiger partial charge in [-0.3, -0.25) is 9.59 Å². The molecule has 12 heavy (non-hydrogen) atoms. The average Bonchev–Trinajstić information content (AvgIpc) is 1.82. The SMILES string of the molecule is O=C(O)CCC(=O)OS(=O)[O-].[H-].[K+]. The molecule has 0 fully saturated rings. The second-order valence-corrected chi connectivity index (χ2v) is 2.13. The van der Waals surface area contributed by atoms with Crippen LogP contribution in [-0.2, 0) is 25.1 Å². The van der Waals surface area contributed by atoms with Gasteiger partial charge in [-0.25, -0.2) is 4.21 Å². The second-order valence-electron chi connectivity index (χ2n) is 1.55. The van der Waals surface area contributed by atoms with Gasteiger partial charge in [-0.2, -0.15) is 0 Å². The largest absolute Gasteiger partial charge is 1.00 e. The number of aliphatic carboxylic acids is 1. The molecular weight excluding hydrogens is 215 g/mol. The number of hydrogen-bond donors (Lipinski definition) is 1. The Labute approximate surface area is 115 Å². The van der Waals surface area contributed by atoms with Crippen molar-refractivity contribution in [2.75, 3.05) is 0 Å². The van der Waals surface area contributed by atoms with Crippen molar-refractivity contribution < 1.29 is 80.5 Å². The maximum atomic E-state index is 10.3. The van der Waals surface area contributed by atoms with E-state index in [1.165, 1.54) is 0 Å². The van der Waals surface area contributed by atoms with Crippen LogP contribution in [0.4, 0.5) is 0 Å². The van der Waals surface area contributed by atoms with E-state index < -0.39 is 36.1 Å². The standard InChI is InChI=1S/C4H6O6S.K.H/c5-3(6)1-2-4(7)10-11(8)9;;/h1-2H2,(H,5,6)(H,8,9);;/q;+1;-1/p-1. The van der Waals surface area contributed by atoms with Crippen LogP contribution in [0.15, 0.2) is 0 Å². The van der Waals surface area contributed by atoms with E-state index >= 15 is 0 Å². The number of carbonyl (C=O) groups is 2. The summed E-state index contributed by atoms with van der Waals surface area (Å²) in [5.74, 6) is -2.25. The maximum Gasteiger partial charge on any atom is 1.00 e. The van der Waals surface area contributed by atoms with Crippen LogP contribution in [0.25, 0.3) is 0 Å². The molecule has 1 N–H and O–H groups in total. The monoisotopic (exact) mass is 221 g/mol. The maximum absolute atomic E-state index is 10.3. The van der Waals surface area contributed by atoms with Gasteiger partial charge in [0.1, 0.15) is 11.4 Å². The van der Waals surface area contributed by atoms with E-state index in [0.29, 0.717) is 0 Å². The number of hydrogen-bond acceptors (Lipinski definition) is 5. The van der Waals surface area contributed by atoms with Crippen LogP contribution >= 0.6 is 0 Å². The molecule has 0 spiro atoms. The number of rotatable bonds is 4. The molecule has 0 aromatic heterocycles. The van der Waals surface area contributed by atoms with Gasteiger partial charge in [0, 0.05) is 0 Å². The van der Waals surface area contributed by atoms with Crippen LogP contribution in [0, 0.1) is 0 Å². The molecule has 0 heterocycles. The van der Waals surface area contributed by atoms with Crippen molar-refractivity contribution in [2.45, 2.75) is 12.8 Å². The number of carbonyl (C=O) groups excluding carboxylic acids is 1. The Morgan fingerprint density at radius 2 is 2.00 bits per heavy atom. The second kappa shape index (κ2) is 8.29.